The molecule has 3 unspecified atom stereocenters. The molecule has 0 saturated heterocycles. The number of allylic oxidation sites excluding steroid dienone is 3. The smallest absolute Gasteiger partial charge is 0.105 e. The Morgan fingerprint density at radius 3 is 2.92 bits per heavy atom. The molecule has 12 heavy (non-hydrogen) atoms. The monoisotopic (exact) mass is 233 g/mol. The van der Waals surface area contributed by atoms with Gasteiger partial charge in [0.05, 0.1) is 0 Å². The first kappa shape index (κ1) is 9.93. The van der Waals surface area contributed by atoms with E-state index in [4.69, 9.17) is 5.73 Å². The van der Waals surface area contributed by atoms with Crippen molar-refractivity contribution in [2.75, 3.05) is 6.67 Å². The highest BCUT2D eigenvalue weighted by atomic mass is 79.9. The van der Waals surface area contributed by atoms with Crippen LogP contribution in [-0.4, -0.2) is 12.7 Å². The van der Waals surface area contributed by atoms with Gasteiger partial charge in [-0.25, -0.2) is 4.39 Å². The summed E-state index contributed by atoms with van der Waals surface area (Å²) in [5.41, 5.74) is 5.61. The van der Waals surface area contributed by atoms with Crippen LogP contribution in [0.5, 0.6) is 0 Å². The van der Waals surface area contributed by atoms with Crippen molar-refractivity contribution in [2.24, 2.45) is 17.6 Å². The van der Waals surface area contributed by atoms with Crippen LogP contribution in [0.4, 0.5) is 4.39 Å². The molecule has 3 atom stereocenters. The van der Waals surface area contributed by atoms with E-state index in [1.165, 1.54) is 0 Å². The lowest BCUT2D eigenvalue weighted by atomic mass is 9.85. The molecule has 0 heterocycles. The summed E-state index contributed by atoms with van der Waals surface area (Å²) in [6.45, 7) is 1.59. The van der Waals surface area contributed by atoms with Crippen LogP contribution in [0.2, 0.25) is 0 Å². The van der Waals surface area contributed by atoms with Crippen LogP contribution in [0.3, 0.4) is 0 Å². The molecule has 0 aromatic carbocycles. The molecule has 2 N–H and O–H groups in total. The molecule has 0 bridgehead atoms. The van der Waals surface area contributed by atoms with E-state index in [9.17, 15) is 4.39 Å². The molecule has 1 aliphatic carbocycles. The van der Waals surface area contributed by atoms with Crippen molar-refractivity contribution in [1.82, 2.24) is 0 Å². The molecule has 0 spiro atoms. The fourth-order valence-corrected chi connectivity index (χ4v) is 2.00. The number of nitrogens with two attached hydrogens (primary N) is 1. The van der Waals surface area contributed by atoms with E-state index in [0.29, 0.717) is 5.92 Å². The van der Waals surface area contributed by atoms with Gasteiger partial charge in [0.1, 0.15) is 6.67 Å². The second-order valence-corrected chi connectivity index (χ2v) is 4.08. The summed E-state index contributed by atoms with van der Waals surface area (Å²) in [5.74, 6) is 0.450. The van der Waals surface area contributed by atoms with Gasteiger partial charge in [0.25, 0.3) is 0 Å². The Hall–Kier alpha value is -0.150. The molecular formula is C9H13BrFN. The minimum absolute atomic E-state index is 0.135. The fourth-order valence-electron chi connectivity index (χ4n) is 1.43. The van der Waals surface area contributed by atoms with Gasteiger partial charge in [-0.1, -0.05) is 41.1 Å². The van der Waals surface area contributed by atoms with Gasteiger partial charge in [0.2, 0.25) is 0 Å². The van der Waals surface area contributed by atoms with Crippen LogP contribution in [0.15, 0.2) is 22.7 Å². The number of hydrogen-bond donors (Lipinski definition) is 1. The van der Waals surface area contributed by atoms with Crippen molar-refractivity contribution < 1.29 is 4.39 Å². The van der Waals surface area contributed by atoms with Crippen molar-refractivity contribution in [3.05, 3.63) is 22.7 Å². The molecule has 0 saturated carbocycles. The van der Waals surface area contributed by atoms with Crippen molar-refractivity contribution >= 4 is 15.9 Å². The SMILES string of the molecule is CC1C=C(Br)C=CC1C(N)CF. The highest BCUT2D eigenvalue weighted by Crippen LogP contribution is 2.27. The van der Waals surface area contributed by atoms with Crippen molar-refractivity contribution in [2.45, 2.75) is 13.0 Å². The summed E-state index contributed by atoms with van der Waals surface area (Å²) in [6.07, 6.45) is 5.96. The standard InChI is InChI=1S/C9H13BrFN/c1-6-4-7(10)2-3-8(6)9(12)5-11/h2-4,6,8-9H,5,12H2,1H3. The van der Waals surface area contributed by atoms with E-state index in [0.717, 1.165) is 4.48 Å². The van der Waals surface area contributed by atoms with E-state index < -0.39 is 6.67 Å². The Balaban J connectivity index is 2.65. The van der Waals surface area contributed by atoms with Crippen LogP contribution in [-0.2, 0) is 0 Å². The minimum Gasteiger partial charge on any atom is -0.325 e. The summed E-state index contributed by atoms with van der Waals surface area (Å²) >= 11 is 3.37. The van der Waals surface area contributed by atoms with E-state index >= 15 is 0 Å². The van der Waals surface area contributed by atoms with E-state index in [1.54, 1.807) is 0 Å². The van der Waals surface area contributed by atoms with E-state index in [-0.39, 0.29) is 12.0 Å². The second kappa shape index (κ2) is 4.19. The molecule has 0 aromatic rings. The van der Waals surface area contributed by atoms with Crippen molar-refractivity contribution in [3.63, 3.8) is 0 Å². The number of hydrogen-bond acceptors (Lipinski definition) is 1. The third-order valence-corrected chi connectivity index (χ3v) is 2.71. The van der Waals surface area contributed by atoms with Crippen molar-refractivity contribution in [1.29, 1.82) is 0 Å². The van der Waals surface area contributed by atoms with Gasteiger partial charge < -0.3 is 5.73 Å². The molecule has 0 fully saturated rings. The fraction of sp³-hybridized carbons (Fsp3) is 0.556. The average Bonchev–Trinajstić information content (AvgIpc) is 2.03. The first-order chi connectivity index (χ1) is 5.65. The first-order valence-corrected chi connectivity index (χ1v) is 4.81. The quantitative estimate of drug-likeness (QED) is 0.779. The predicted octanol–water partition coefficient (Wildman–Crippen LogP) is 2.38. The lowest BCUT2D eigenvalue weighted by Gasteiger charge is -2.25. The zero-order valence-electron chi connectivity index (χ0n) is 7.00. The van der Waals surface area contributed by atoms with Gasteiger partial charge in [0, 0.05) is 16.4 Å². The van der Waals surface area contributed by atoms with Gasteiger partial charge in [-0.05, 0) is 5.92 Å². The maximum absolute atomic E-state index is 12.3. The Labute approximate surface area is 80.6 Å². The van der Waals surface area contributed by atoms with Crippen LogP contribution in [0.1, 0.15) is 6.92 Å². The van der Waals surface area contributed by atoms with Crippen LogP contribution >= 0.6 is 15.9 Å². The number of alkyl halides is 1. The topological polar surface area (TPSA) is 26.0 Å². The van der Waals surface area contributed by atoms with Crippen LogP contribution < -0.4 is 5.73 Å². The zero-order chi connectivity index (χ0) is 9.14. The van der Waals surface area contributed by atoms with E-state index in [1.807, 2.05) is 19.1 Å². The summed E-state index contributed by atoms with van der Waals surface area (Å²) in [5, 5.41) is 0. The maximum Gasteiger partial charge on any atom is 0.105 e. The zero-order valence-corrected chi connectivity index (χ0v) is 8.59. The molecule has 0 radical (unpaired) electrons. The Morgan fingerprint density at radius 1 is 1.75 bits per heavy atom. The average molecular weight is 234 g/mol. The van der Waals surface area contributed by atoms with Gasteiger partial charge in [0.15, 0.2) is 0 Å². The molecule has 1 nitrogen and oxygen atoms in total. The Kier molecular flexibility index (Phi) is 3.47. The van der Waals surface area contributed by atoms with Gasteiger partial charge in [-0.3, -0.25) is 0 Å². The minimum atomic E-state index is -0.454. The van der Waals surface area contributed by atoms with Gasteiger partial charge >= 0.3 is 0 Å². The molecule has 68 valence electrons. The summed E-state index contributed by atoms with van der Waals surface area (Å²) in [4.78, 5) is 0. The normalized spacial score (nSPS) is 31.5. The van der Waals surface area contributed by atoms with Crippen molar-refractivity contribution in [3.8, 4) is 0 Å². The largest absolute Gasteiger partial charge is 0.325 e. The van der Waals surface area contributed by atoms with Crippen LogP contribution in [0, 0.1) is 11.8 Å². The molecule has 1 aliphatic rings. The summed E-state index contributed by atoms with van der Waals surface area (Å²) < 4.78 is 13.3. The molecule has 0 aromatic heterocycles. The van der Waals surface area contributed by atoms with E-state index in [2.05, 4.69) is 22.0 Å². The summed E-state index contributed by atoms with van der Waals surface area (Å²) in [6, 6.07) is -0.368. The summed E-state index contributed by atoms with van der Waals surface area (Å²) in [7, 11) is 0. The highest BCUT2D eigenvalue weighted by Gasteiger charge is 2.22. The lowest BCUT2D eigenvalue weighted by molar-refractivity contribution is 0.331. The molecule has 3 heteroatoms. The first-order valence-electron chi connectivity index (χ1n) is 4.02. The molecule has 0 aliphatic heterocycles. The maximum atomic E-state index is 12.3. The lowest BCUT2D eigenvalue weighted by Crippen LogP contribution is -2.35. The highest BCUT2D eigenvalue weighted by molar-refractivity contribution is 9.11. The third-order valence-electron chi connectivity index (χ3n) is 2.18. The Morgan fingerprint density at radius 2 is 2.42 bits per heavy atom. The molecule has 0 amide bonds. The third kappa shape index (κ3) is 2.17. The van der Waals surface area contributed by atoms with Gasteiger partial charge in [-0.2, -0.15) is 0 Å². The Bertz CT molecular complexity index is 213. The molecule has 1 rings (SSSR count). The number of rotatable bonds is 2. The number of halogens is 2. The van der Waals surface area contributed by atoms with Gasteiger partial charge in [-0.15, -0.1) is 0 Å². The molecular weight excluding hydrogens is 221 g/mol. The van der Waals surface area contributed by atoms with Crippen LogP contribution in [0.25, 0.3) is 0 Å². The second-order valence-electron chi connectivity index (χ2n) is 3.17. The predicted molar refractivity (Wildman–Crippen MR) is 52.8 cm³/mol.